The summed E-state index contributed by atoms with van der Waals surface area (Å²) in [5, 5.41) is 2.79. The third-order valence-electron chi connectivity index (χ3n) is 4.02. The number of anilines is 1. The van der Waals surface area contributed by atoms with Crippen molar-refractivity contribution in [1.29, 1.82) is 0 Å². The molecule has 0 bridgehead atoms. The SMILES string of the molecule is COc1ccc(/C=C/C(=O)OCC(=O)c2ccc(NC(=O)C(C)(C)C)cc2)cc1. The molecule has 0 atom stereocenters. The van der Waals surface area contributed by atoms with Crippen LogP contribution in [-0.2, 0) is 14.3 Å². The van der Waals surface area contributed by atoms with E-state index in [0.29, 0.717) is 11.3 Å². The van der Waals surface area contributed by atoms with E-state index in [1.165, 1.54) is 6.08 Å². The minimum Gasteiger partial charge on any atom is -0.497 e. The first-order chi connectivity index (χ1) is 13.7. The van der Waals surface area contributed by atoms with Gasteiger partial charge in [0.2, 0.25) is 5.91 Å². The highest BCUT2D eigenvalue weighted by molar-refractivity contribution is 6.00. The fraction of sp³-hybridized carbons (Fsp3) is 0.261. The van der Waals surface area contributed by atoms with Crippen LogP contribution in [-0.4, -0.2) is 31.4 Å². The number of esters is 1. The highest BCUT2D eigenvalue weighted by Gasteiger charge is 2.21. The number of methoxy groups -OCH3 is 1. The van der Waals surface area contributed by atoms with Crippen molar-refractivity contribution in [3.63, 3.8) is 0 Å². The van der Waals surface area contributed by atoms with E-state index in [4.69, 9.17) is 9.47 Å². The summed E-state index contributed by atoms with van der Waals surface area (Å²) < 4.78 is 10.1. The molecule has 0 saturated carbocycles. The van der Waals surface area contributed by atoms with Crippen molar-refractivity contribution in [2.24, 2.45) is 5.41 Å². The molecule has 0 aliphatic rings. The summed E-state index contributed by atoms with van der Waals surface area (Å²) in [4.78, 5) is 36.0. The molecule has 0 fully saturated rings. The summed E-state index contributed by atoms with van der Waals surface area (Å²) in [6, 6.07) is 13.6. The van der Waals surface area contributed by atoms with Gasteiger partial charge in [-0.2, -0.15) is 0 Å². The average Bonchev–Trinajstić information content (AvgIpc) is 2.70. The van der Waals surface area contributed by atoms with E-state index in [0.717, 1.165) is 11.3 Å². The molecule has 0 spiro atoms. The lowest BCUT2D eigenvalue weighted by Gasteiger charge is -2.17. The Kier molecular flexibility index (Phi) is 7.31. The topological polar surface area (TPSA) is 81.7 Å². The van der Waals surface area contributed by atoms with Crippen molar-refractivity contribution in [1.82, 2.24) is 0 Å². The van der Waals surface area contributed by atoms with Crippen LogP contribution in [0.2, 0.25) is 0 Å². The molecule has 0 aliphatic carbocycles. The summed E-state index contributed by atoms with van der Waals surface area (Å²) in [6.45, 7) is 5.09. The zero-order valence-corrected chi connectivity index (χ0v) is 17.0. The molecule has 1 amide bonds. The van der Waals surface area contributed by atoms with Crippen LogP contribution in [0, 0.1) is 5.41 Å². The monoisotopic (exact) mass is 395 g/mol. The third kappa shape index (κ3) is 6.92. The summed E-state index contributed by atoms with van der Waals surface area (Å²) in [5.41, 5.74) is 1.29. The smallest absolute Gasteiger partial charge is 0.331 e. The minimum absolute atomic E-state index is 0.117. The van der Waals surface area contributed by atoms with Gasteiger partial charge in [-0.05, 0) is 48.0 Å². The van der Waals surface area contributed by atoms with Crippen LogP contribution in [0.3, 0.4) is 0 Å². The van der Waals surface area contributed by atoms with Crippen molar-refractivity contribution in [3.8, 4) is 5.75 Å². The molecule has 0 unspecified atom stereocenters. The summed E-state index contributed by atoms with van der Waals surface area (Å²) in [6.07, 6.45) is 2.86. The Bertz CT molecular complexity index is 890. The predicted molar refractivity (Wildman–Crippen MR) is 112 cm³/mol. The van der Waals surface area contributed by atoms with E-state index in [1.54, 1.807) is 61.7 Å². The summed E-state index contributed by atoms with van der Waals surface area (Å²) in [7, 11) is 1.58. The number of nitrogens with one attached hydrogen (secondary N) is 1. The first kappa shape index (κ1) is 21.9. The van der Waals surface area contributed by atoms with Gasteiger partial charge in [-0.1, -0.05) is 32.9 Å². The van der Waals surface area contributed by atoms with E-state index in [9.17, 15) is 14.4 Å². The van der Waals surface area contributed by atoms with E-state index < -0.39 is 11.4 Å². The van der Waals surface area contributed by atoms with Gasteiger partial charge in [0, 0.05) is 22.7 Å². The number of benzene rings is 2. The number of rotatable bonds is 7. The molecule has 6 heteroatoms. The zero-order valence-electron chi connectivity index (χ0n) is 17.0. The molecule has 2 rings (SSSR count). The second-order valence-corrected chi connectivity index (χ2v) is 7.42. The van der Waals surface area contributed by atoms with Gasteiger partial charge in [0.1, 0.15) is 5.75 Å². The molecular weight excluding hydrogens is 370 g/mol. The maximum absolute atomic E-state index is 12.2. The molecule has 0 saturated heterocycles. The third-order valence-corrected chi connectivity index (χ3v) is 4.02. The van der Waals surface area contributed by atoms with E-state index >= 15 is 0 Å². The van der Waals surface area contributed by atoms with Gasteiger partial charge in [0.25, 0.3) is 0 Å². The first-order valence-corrected chi connectivity index (χ1v) is 9.12. The lowest BCUT2D eigenvalue weighted by Crippen LogP contribution is -2.27. The van der Waals surface area contributed by atoms with Crippen LogP contribution in [0.25, 0.3) is 6.08 Å². The molecule has 6 nitrogen and oxygen atoms in total. The maximum Gasteiger partial charge on any atom is 0.331 e. The molecule has 152 valence electrons. The lowest BCUT2D eigenvalue weighted by atomic mass is 9.95. The number of amides is 1. The average molecular weight is 395 g/mol. The highest BCUT2D eigenvalue weighted by Crippen LogP contribution is 2.18. The number of hydrogen-bond donors (Lipinski definition) is 1. The number of carbonyl (C=O) groups is 3. The Morgan fingerprint density at radius 3 is 2.14 bits per heavy atom. The van der Waals surface area contributed by atoms with Crippen molar-refractivity contribution >= 4 is 29.4 Å². The van der Waals surface area contributed by atoms with Crippen LogP contribution in [0.5, 0.6) is 5.75 Å². The van der Waals surface area contributed by atoms with Gasteiger partial charge in [-0.3, -0.25) is 9.59 Å². The van der Waals surface area contributed by atoms with Crippen molar-refractivity contribution in [2.45, 2.75) is 20.8 Å². The normalized spacial score (nSPS) is 11.2. The van der Waals surface area contributed by atoms with Crippen molar-refractivity contribution in [2.75, 3.05) is 19.0 Å². The largest absolute Gasteiger partial charge is 0.497 e. The molecule has 1 N–H and O–H groups in total. The Labute approximate surface area is 170 Å². The van der Waals surface area contributed by atoms with Gasteiger partial charge in [0.05, 0.1) is 7.11 Å². The maximum atomic E-state index is 12.2. The quantitative estimate of drug-likeness (QED) is 0.433. The van der Waals surface area contributed by atoms with Gasteiger partial charge >= 0.3 is 5.97 Å². The molecule has 2 aromatic carbocycles. The minimum atomic E-state index is -0.608. The molecular formula is C23H25NO5. The van der Waals surface area contributed by atoms with Gasteiger partial charge < -0.3 is 14.8 Å². The van der Waals surface area contributed by atoms with Crippen LogP contribution in [0.4, 0.5) is 5.69 Å². The Morgan fingerprint density at radius 2 is 1.59 bits per heavy atom. The van der Waals surface area contributed by atoms with E-state index in [2.05, 4.69) is 5.32 Å². The van der Waals surface area contributed by atoms with Crippen molar-refractivity contribution in [3.05, 3.63) is 65.7 Å². The number of hydrogen-bond acceptors (Lipinski definition) is 5. The molecule has 0 aromatic heterocycles. The van der Waals surface area contributed by atoms with Crippen LogP contribution < -0.4 is 10.1 Å². The fourth-order valence-electron chi connectivity index (χ4n) is 2.21. The molecule has 0 aliphatic heterocycles. The van der Waals surface area contributed by atoms with Crippen LogP contribution >= 0.6 is 0 Å². The lowest BCUT2D eigenvalue weighted by molar-refractivity contribution is -0.136. The van der Waals surface area contributed by atoms with Gasteiger partial charge in [-0.25, -0.2) is 4.79 Å². The standard InChI is InChI=1S/C23H25NO5/c1-23(2,3)22(27)24-18-10-8-17(9-11-18)20(25)15-29-21(26)14-7-16-5-12-19(28-4)13-6-16/h5-14H,15H2,1-4H3,(H,24,27)/b14-7+. The molecule has 0 radical (unpaired) electrons. The Hall–Kier alpha value is -3.41. The van der Waals surface area contributed by atoms with Crippen LogP contribution in [0.1, 0.15) is 36.7 Å². The number of carbonyl (C=O) groups excluding carboxylic acids is 3. The predicted octanol–water partition coefficient (Wildman–Crippen LogP) is 4.12. The van der Waals surface area contributed by atoms with E-state index in [1.807, 2.05) is 20.8 Å². The number of ether oxygens (including phenoxy) is 2. The second kappa shape index (κ2) is 9.68. The Morgan fingerprint density at radius 1 is 0.966 bits per heavy atom. The fourth-order valence-corrected chi connectivity index (χ4v) is 2.21. The van der Waals surface area contributed by atoms with Gasteiger partial charge in [0.15, 0.2) is 12.4 Å². The Balaban J connectivity index is 1.85. The number of ketones is 1. The molecule has 2 aromatic rings. The highest BCUT2D eigenvalue weighted by atomic mass is 16.5. The van der Waals surface area contributed by atoms with Gasteiger partial charge in [-0.15, -0.1) is 0 Å². The molecule has 0 heterocycles. The summed E-state index contributed by atoms with van der Waals surface area (Å²) in [5.74, 6) is -0.332. The van der Waals surface area contributed by atoms with E-state index in [-0.39, 0.29) is 18.3 Å². The first-order valence-electron chi connectivity index (χ1n) is 9.12. The van der Waals surface area contributed by atoms with Crippen molar-refractivity contribution < 1.29 is 23.9 Å². The number of Topliss-reactive ketones (excluding diaryl/α,β-unsaturated/α-hetero) is 1. The summed E-state index contributed by atoms with van der Waals surface area (Å²) >= 11 is 0. The second-order valence-electron chi connectivity index (χ2n) is 7.42. The zero-order chi connectivity index (χ0) is 21.4. The molecule has 29 heavy (non-hydrogen) atoms. The van der Waals surface area contributed by atoms with Crippen LogP contribution in [0.15, 0.2) is 54.6 Å².